The lowest BCUT2D eigenvalue weighted by Gasteiger charge is -2.33. The molecular weight excluding hydrogens is 444 g/mol. The summed E-state index contributed by atoms with van der Waals surface area (Å²) >= 11 is 1.61. The first kappa shape index (κ1) is 22.3. The monoisotopic (exact) mass is 472 g/mol. The van der Waals surface area contributed by atoms with Crippen molar-refractivity contribution in [1.29, 1.82) is 0 Å². The zero-order valence-electron chi connectivity index (χ0n) is 19.6. The van der Waals surface area contributed by atoms with Crippen LogP contribution in [0.15, 0.2) is 65.5 Å². The van der Waals surface area contributed by atoms with Crippen LogP contribution in [0.25, 0.3) is 15.9 Å². The maximum absolute atomic E-state index is 13.9. The van der Waals surface area contributed by atoms with Crippen LogP contribution in [0.3, 0.4) is 0 Å². The third-order valence-corrected chi connectivity index (χ3v) is 7.79. The second kappa shape index (κ2) is 8.72. The average molecular weight is 473 g/mol. The zero-order chi connectivity index (χ0) is 23.9. The highest BCUT2D eigenvalue weighted by molar-refractivity contribution is 7.18. The first-order valence-corrected chi connectivity index (χ1v) is 12.4. The Morgan fingerprint density at radius 3 is 2.41 bits per heavy atom. The molecule has 0 fully saturated rings. The molecule has 5 rings (SSSR count). The molecule has 1 aliphatic carbocycles. The summed E-state index contributed by atoms with van der Waals surface area (Å²) in [5.74, 6) is 0.569. The van der Waals surface area contributed by atoms with Crippen LogP contribution in [0.5, 0.6) is 0 Å². The molecule has 4 aromatic rings. The van der Waals surface area contributed by atoms with Crippen molar-refractivity contribution in [3.05, 3.63) is 87.0 Å². The van der Waals surface area contributed by atoms with Gasteiger partial charge in [-0.1, -0.05) is 57.2 Å². The lowest BCUT2D eigenvalue weighted by molar-refractivity contribution is 0.0962. The number of hydrogen-bond acceptors (Lipinski definition) is 5. The molecule has 0 unspecified atom stereocenters. The van der Waals surface area contributed by atoms with Gasteiger partial charge >= 0.3 is 0 Å². The topological polar surface area (TPSA) is 76.0 Å². The fourth-order valence-corrected chi connectivity index (χ4v) is 5.93. The molecule has 2 aromatic carbocycles. The van der Waals surface area contributed by atoms with Crippen LogP contribution in [0, 0.1) is 11.3 Å². The lowest BCUT2D eigenvalue weighted by atomic mass is 9.72. The third-order valence-electron chi connectivity index (χ3n) is 6.65. The predicted molar refractivity (Wildman–Crippen MR) is 138 cm³/mol. The Balaban J connectivity index is 1.59. The molecule has 1 amide bonds. The minimum Gasteiger partial charge on any atom is -0.268 e. The molecule has 2 N–H and O–H groups in total. The van der Waals surface area contributed by atoms with Crippen LogP contribution in [-0.2, 0) is 12.8 Å². The second-order valence-electron chi connectivity index (χ2n) is 9.85. The van der Waals surface area contributed by atoms with Crippen molar-refractivity contribution in [3.63, 3.8) is 0 Å². The number of nitrogens with zero attached hydrogens (tertiary/aromatic N) is 2. The number of thiophene rings is 1. The van der Waals surface area contributed by atoms with Gasteiger partial charge in [-0.2, -0.15) is 0 Å². The second-order valence-corrected chi connectivity index (χ2v) is 10.9. The molecule has 2 heterocycles. The van der Waals surface area contributed by atoms with E-state index in [1.807, 2.05) is 36.4 Å². The molecule has 34 heavy (non-hydrogen) atoms. The summed E-state index contributed by atoms with van der Waals surface area (Å²) in [4.78, 5) is 33.3. The number of benzene rings is 2. The van der Waals surface area contributed by atoms with Gasteiger partial charge in [-0.3, -0.25) is 20.4 Å². The van der Waals surface area contributed by atoms with E-state index in [4.69, 9.17) is 4.98 Å². The van der Waals surface area contributed by atoms with E-state index in [-0.39, 0.29) is 16.9 Å². The van der Waals surface area contributed by atoms with Crippen LogP contribution < -0.4 is 16.4 Å². The van der Waals surface area contributed by atoms with E-state index in [0.717, 1.165) is 24.8 Å². The van der Waals surface area contributed by atoms with Crippen LogP contribution in [0.2, 0.25) is 0 Å². The van der Waals surface area contributed by atoms with E-state index in [9.17, 15) is 9.59 Å². The molecule has 0 spiro atoms. The summed E-state index contributed by atoms with van der Waals surface area (Å²) in [6.07, 6.45) is 2.93. The molecular formula is C27H28N4O2S. The number of aryl methyl sites for hydroxylation is 1. The molecule has 1 aliphatic rings. The largest absolute Gasteiger partial charge is 0.269 e. The van der Waals surface area contributed by atoms with E-state index >= 15 is 0 Å². The van der Waals surface area contributed by atoms with Gasteiger partial charge < -0.3 is 0 Å². The molecule has 174 valence electrons. The van der Waals surface area contributed by atoms with Crippen LogP contribution in [0.1, 0.15) is 48.0 Å². The van der Waals surface area contributed by atoms with Gasteiger partial charge in [-0.15, -0.1) is 11.3 Å². The standard InChI is InChI=1S/C27H28N4O2S/c1-27(2,3)18-14-15-20-21(16-18)34-24-22(20)25(33)31(19-12-8-5-9-13-19)26(28-24)30-29-23(32)17-10-6-4-7-11-17/h4-13,18H,14-16H2,1-3H3,(H,28,30)(H,29,32)/t18-/m0/s1. The van der Waals surface area contributed by atoms with Crippen LogP contribution in [-0.4, -0.2) is 15.5 Å². The zero-order valence-corrected chi connectivity index (χ0v) is 20.4. The van der Waals surface area contributed by atoms with E-state index in [0.29, 0.717) is 33.3 Å². The Kier molecular flexibility index (Phi) is 5.73. The number of aromatic nitrogens is 2. The molecule has 7 heteroatoms. The van der Waals surface area contributed by atoms with Gasteiger partial charge in [-0.05, 0) is 60.4 Å². The molecule has 2 aromatic heterocycles. The quantitative estimate of drug-likeness (QED) is 0.392. The predicted octanol–water partition coefficient (Wildman–Crippen LogP) is 5.36. The van der Waals surface area contributed by atoms with Gasteiger partial charge in [0.05, 0.1) is 11.1 Å². The SMILES string of the molecule is CC(C)(C)[C@H]1CCc2c(sc3nc(NNC(=O)c4ccccc4)n(-c4ccccc4)c(=O)c23)C1. The smallest absolute Gasteiger partial charge is 0.268 e. The number of hydrazine groups is 1. The normalized spacial score (nSPS) is 15.7. The maximum atomic E-state index is 13.9. The molecule has 6 nitrogen and oxygen atoms in total. The number of para-hydroxylation sites is 1. The maximum Gasteiger partial charge on any atom is 0.269 e. The number of anilines is 1. The Morgan fingerprint density at radius 1 is 1.06 bits per heavy atom. The van der Waals surface area contributed by atoms with Gasteiger partial charge in [0.2, 0.25) is 5.95 Å². The number of hydrogen-bond donors (Lipinski definition) is 2. The van der Waals surface area contributed by atoms with Crippen molar-refractivity contribution in [1.82, 2.24) is 15.0 Å². The highest BCUT2D eigenvalue weighted by Crippen LogP contribution is 2.42. The fourth-order valence-electron chi connectivity index (χ4n) is 4.64. The molecule has 1 atom stereocenters. The van der Waals surface area contributed by atoms with Crippen molar-refractivity contribution in [2.24, 2.45) is 11.3 Å². The van der Waals surface area contributed by atoms with E-state index in [1.54, 1.807) is 40.2 Å². The number of nitrogens with one attached hydrogen (secondary N) is 2. The van der Waals surface area contributed by atoms with Gasteiger partial charge in [0.1, 0.15) is 4.83 Å². The summed E-state index contributed by atoms with van der Waals surface area (Å²) in [6.45, 7) is 6.86. The van der Waals surface area contributed by atoms with Gasteiger partial charge in [0, 0.05) is 10.4 Å². The number of fused-ring (bicyclic) bond motifs is 3. The highest BCUT2D eigenvalue weighted by Gasteiger charge is 2.32. The lowest BCUT2D eigenvalue weighted by Crippen LogP contribution is -2.34. The van der Waals surface area contributed by atoms with Crippen LogP contribution in [0.4, 0.5) is 5.95 Å². The summed E-state index contributed by atoms with van der Waals surface area (Å²) in [6, 6.07) is 18.3. The van der Waals surface area contributed by atoms with Crippen LogP contribution >= 0.6 is 11.3 Å². The molecule has 0 aliphatic heterocycles. The Bertz CT molecular complexity index is 1400. The van der Waals surface area contributed by atoms with Crippen molar-refractivity contribution in [3.8, 4) is 5.69 Å². The van der Waals surface area contributed by atoms with E-state index < -0.39 is 0 Å². The van der Waals surface area contributed by atoms with Crippen molar-refractivity contribution < 1.29 is 4.79 Å². The average Bonchev–Trinajstić information content (AvgIpc) is 3.21. The van der Waals surface area contributed by atoms with Crippen molar-refractivity contribution in [2.45, 2.75) is 40.0 Å². The van der Waals surface area contributed by atoms with E-state index in [1.165, 1.54) is 4.88 Å². The highest BCUT2D eigenvalue weighted by atomic mass is 32.1. The summed E-state index contributed by atoms with van der Waals surface area (Å²) in [5.41, 5.74) is 8.08. The van der Waals surface area contributed by atoms with Gasteiger partial charge in [0.25, 0.3) is 11.5 Å². The third kappa shape index (κ3) is 4.12. The first-order valence-electron chi connectivity index (χ1n) is 11.6. The molecule has 0 saturated carbocycles. The number of rotatable bonds is 4. The Hall–Kier alpha value is -3.45. The van der Waals surface area contributed by atoms with E-state index in [2.05, 4.69) is 31.6 Å². The van der Waals surface area contributed by atoms with Gasteiger partial charge in [-0.25, -0.2) is 9.55 Å². The number of carbonyl (C=O) groups is 1. The summed E-state index contributed by atoms with van der Waals surface area (Å²) in [7, 11) is 0. The molecule has 0 bridgehead atoms. The number of amides is 1. The first-order chi connectivity index (χ1) is 16.3. The summed E-state index contributed by atoms with van der Waals surface area (Å²) in [5, 5.41) is 0.705. The molecule has 0 radical (unpaired) electrons. The Labute approximate surface area is 202 Å². The Morgan fingerprint density at radius 2 is 1.74 bits per heavy atom. The summed E-state index contributed by atoms with van der Waals surface area (Å²) < 4.78 is 1.55. The fraction of sp³-hybridized carbons (Fsp3) is 0.296. The minimum absolute atomic E-state index is 0.112. The van der Waals surface area contributed by atoms with Gasteiger partial charge in [0.15, 0.2) is 0 Å². The van der Waals surface area contributed by atoms with Crippen molar-refractivity contribution >= 4 is 33.4 Å². The minimum atomic E-state index is -0.298. The number of carbonyl (C=O) groups excluding carboxylic acids is 1. The molecule has 0 saturated heterocycles. The van der Waals surface area contributed by atoms with Crippen molar-refractivity contribution in [2.75, 3.05) is 5.43 Å².